The lowest BCUT2D eigenvalue weighted by Crippen LogP contribution is -2.01. The van der Waals surface area contributed by atoms with Crippen molar-refractivity contribution in [2.24, 2.45) is 5.73 Å². The predicted octanol–water partition coefficient (Wildman–Crippen LogP) is 0.912. The third-order valence-corrected chi connectivity index (χ3v) is 0. The molecule has 0 bridgehead atoms. The van der Waals surface area contributed by atoms with E-state index in [-0.39, 0.29) is 5.91 Å². The Morgan fingerprint density at radius 3 is 1.50 bits per heavy atom. The van der Waals surface area contributed by atoms with Gasteiger partial charge in [-0.15, -0.1) is 33.2 Å². The minimum absolute atomic E-state index is 0.333. The molecule has 0 spiro atoms. The molecular formula is C2H6Cl3NOSi. The second-order valence-electron chi connectivity index (χ2n) is 0.858. The van der Waals surface area contributed by atoms with Crippen LogP contribution in [0.1, 0.15) is 6.92 Å². The van der Waals surface area contributed by atoms with E-state index in [9.17, 15) is 4.79 Å². The fourth-order valence-electron chi connectivity index (χ4n) is 0. The number of carbonyl (C=O) groups excluding carboxylic acids is 1. The molecule has 0 fully saturated rings. The molecule has 0 aromatic rings. The van der Waals surface area contributed by atoms with Gasteiger partial charge in [0, 0.05) is 6.92 Å². The SMILES string of the molecule is CC(N)=O.Cl[SiH](Cl)Cl. The number of amides is 1. The summed E-state index contributed by atoms with van der Waals surface area (Å²) in [5.41, 5.74) is 4.47. The summed E-state index contributed by atoms with van der Waals surface area (Å²) in [6, 6.07) is 0. The van der Waals surface area contributed by atoms with Crippen molar-refractivity contribution < 1.29 is 4.79 Å². The largest absolute Gasteiger partial charge is 0.370 e. The molecule has 0 aliphatic carbocycles. The number of nitrogens with two attached hydrogens (primary N) is 1. The lowest BCUT2D eigenvalue weighted by molar-refractivity contribution is -0.115. The Labute approximate surface area is 63.6 Å². The first-order valence-electron chi connectivity index (χ1n) is 1.65. The molecule has 1 amide bonds. The first kappa shape index (κ1) is 11.4. The number of hydrogen-bond acceptors (Lipinski definition) is 1. The van der Waals surface area contributed by atoms with Crippen LogP contribution in [0.3, 0.4) is 0 Å². The molecule has 0 rings (SSSR count). The lowest BCUT2D eigenvalue weighted by atomic mass is 10.8. The van der Waals surface area contributed by atoms with Crippen LogP contribution in [0.2, 0.25) is 0 Å². The summed E-state index contributed by atoms with van der Waals surface area (Å²) in [5.74, 6) is -0.333. The Hall–Kier alpha value is 0.557. The average Bonchev–Trinajstić information content (AvgIpc) is 1.25. The van der Waals surface area contributed by atoms with Gasteiger partial charge in [-0.25, -0.2) is 0 Å². The van der Waals surface area contributed by atoms with Crippen LogP contribution in [0, 0.1) is 0 Å². The molecule has 0 aromatic heterocycles. The van der Waals surface area contributed by atoms with E-state index in [4.69, 9.17) is 33.2 Å². The standard InChI is InChI=1S/C2H5NO.Cl3HSi/c1-2(3)4;1-4(2)3/h1H3,(H2,3,4);4H. The zero-order chi connectivity index (χ0) is 7.15. The molecule has 0 aliphatic heterocycles. The van der Waals surface area contributed by atoms with Crippen molar-refractivity contribution in [1.82, 2.24) is 0 Å². The lowest BCUT2D eigenvalue weighted by Gasteiger charge is -1.65. The molecule has 6 heteroatoms. The number of hydrogen-bond donors (Lipinski definition) is 1. The number of carbonyl (C=O) groups is 1. The van der Waals surface area contributed by atoms with Crippen LogP contribution in [-0.2, 0) is 4.79 Å². The highest BCUT2D eigenvalue weighted by molar-refractivity contribution is 7.54. The number of primary amides is 1. The highest BCUT2D eigenvalue weighted by Crippen LogP contribution is 1.97. The Bertz CT molecular complexity index is 61.5. The van der Waals surface area contributed by atoms with Crippen LogP contribution in [0.5, 0.6) is 0 Å². The molecule has 0 atom stereocenters. The van der Waals surface area contributed by atoms with Crippen molar-refractivity contribution in [3.63, 3.8) is 0 Å². The maximum absolute atomic E-state index is 9.22. The minimum Gasteiger partial charge on any atom is -0.370 e. The van der Waals surface area contributed by atoms with Gasteiger partial charge in [-0.05, 0) is 0 Å². The van der Waals surface area contributed by atoms with Crippen molar-refractivity contribution in [1.29, 1.82) is 0 Å². The normalized spacial score (nSPS) is 7.62. The van der Waals surface area contributed by atoms with Crippen LogP contribution in [-0.4, -0.2) is 12.6 Å². The van der Waals surface area contributed by atoms with Crippen molar-refractivity contribution in [3.05, 3.63) is 0 Å². The average molecular weight is 195 g/mol. The van der Waals surface area contributed by atoms with Crippen LogP contribution in [0.4, 0.5) is 0 Å². The third-order valence-electron chi connectivity index (χ3n) is 0. The van der Waals surface area contributed by atoms with Gasteiger partial charge in [-0.1, -0.05) is 0 Å². The van der Waals surface area contributed by atoms with Gasteiger partial charge in [0.25, 0.3) is 0 Å². The van der Waals surface area contributed by atoms with Crippen molar-refractivity contribution in [2.45, 2.75) is 6.92 Å². The van der Waals surface area contributed by atoms with Crippen molar-refractivity contribution in [2.75, 3.05) is 0 Å². The van der Waals surface area contributed by atoms with Crippen molar-refractivity contribution >= 4 is 45.9 Å². The van der Waals surface area contributed by atoms with E-state index in [1.165, 1.54) is 6.92 Å². The van der Waals surface area contributed by atoms with E-state index in [1.807, 2.05) is 0 Å². The molecule has 0 radical (unpaired) electrons. The fraction of sp³-hybridized carbons (Fsp3) is 0.500. The molecule has 2 nitrogen and oxygen atoms in total. The predicted molar refractivity (Wildman–Crippen MR) is 39.6 cm³/mol. The number of halogens is 3. The third kappa shape index (κ3) is 653. The van der Waals surface area contributed by atoms with Crippen molar-refractivity contribution in [3.8, 4) is 0 Å². The second kappa shape index (κ2) is 7.56. The first-order chi connectivity index (χ1) is 3.46. The maximum atomic E-state index is 9.22. The molecule has 2 N–H and O–H groups in total. The Morgan fingerprint density at radius 2 is 1.50 bits per heavy atom. The van der Waals surface area contributed by atoms with E-state index >= 15 is 0 Å². The quantitative estimate of drug-likeness (QED) is 0.452. The van der Waals surface area contributed by atoms with E-state index < -0.39 is 6.73 Å². The van der Waals surface area contributed by atoms with Crippen LogP contribution in [0.15, 0.2) is 0 Å². The molecule has 0 heterocycles. The Balaban J connectivity index is 0. The number of rotatable bonds is 0. The van der Waals surface area contributed by atoms with Gasteiger partial charge < -0.3 is 5.73 Å². The smallest absolute Gasteiger partial charge is 0.326 e. The summed E-state index contributed by atoms with van der Waals surface area (Å²) < 4.78 is 0. The Kier molecular flexibility index (Phi) is 10.7. The highest BCUT2D eigenvalue weighted by Gasteiger charge is 1.85. The van der Waals surface area contributed by atoms with Crippen LogP contribution >= 0.6 is 33.2 Å². The van der Waals surface area contributed by atoms with Crippen LogP contribution in [0.25, 0.3) is 0 Å². The minimum atomic E-state index is -1.72. The van der Waals surface area contributed by atoms with E-state index in [2.05, 4.69) is 5.73 Å². The van der Waals surface area contributed by atoms with Gasteiger partial charge in [0.2, 0.25) is 5.91 Å². The van der Waals surface area contributed by atoms with Gasteiger partial charge in [0.05, 0.1) is 0 Å². The van der Waals surface area contributed by atoms with E-state index in [1.54, 1.807) is 0 Å². The van der Waals surface area contributed by atoms with E-state index in [0.29, 0.717) is 0 Å². The maximum Gasteiger partial charge on any atom is 0.326 e. The molecule has 50 valence electrons. The van der Waals surface area contributed by atoms with Gasteiger partial charge >= 0.3 is 6.73 Å². The van der Waals surface area contributed by atoms with Gasteiger partial charge in [0.1, 0.15) is 0 Å². The van der Waals surface area contributed by atoms with Crippen LogP contribution < -0.4 is 5.73 Å². The molecular weight excluding hydrogens is 188 g/mol. The second-order valence-corrected chi connectivity index (χ2v) is 7.29. The van der Waals surface area contributed by atoms with Gasteiger partial charge in [-0.2, -0.15) is 0 Å². The summed E-state index contributed by atoms with van der Waals surface area (Å²) in [7, 11) is 0. The van der Waals surface area contributed by atoms with E-state index in [0.717, 1.165) is 0 Å². The molecule has 8 heavy (non-hydrogen) atoms. The topological polar surface area (TPSA) is 43.1 Å². The van der Waals surface area contributed by atoms with Gasteiger partial charge in [-0.3, -0.25) is 4.79 Å². The summed E-state index contributed by atoms with van der Waals surface area (Å²) in [4.78, 5) is 9.22. The first-order valence-corrected chi connectivity index (χ1v) is 6.88. The fourth-order valence-corrected chi connectivity index (χ4v) is 0. The molecule has 0 aliphatic rings. The zero-order valence-electron chi connectivity index (χ0n) is 4.20. The molecule has 0 aromatic carbocycles. The summed E-state index contributed by atoms with van der Waals surface area (Å²) in [6.07, 6.45) is 0. The molecule has 0 saturated heterocycles. The van der Waals surface area contributed by atoms with Gasteiger partial charge in [0.15, 0.2) is 0 Å². The zero-order valence-corrected chi connectivity index (χ0v) is 7.62. The Morgan fingerprint density at radius 1 is 1.50 bits per heavy atom. The summed E-state index contributed by atoms with van der Waals surface area (Å²) >= 11 is 14.8. The highest BCUT2D eigenvalue weighted by atomic mass is 35.8. The monoisotopic (exact) mass is 193 g/mol. The summed E-state index contributed by atoms with van der Waals surface area (Å²) in [5, 5.41) is 0. The summed E-state index contributed by atoms with van der Waals surface area (Å²) in [6.45, 7) is -0.417. The molecule has 0 saturated carbocycles. The molecule has 0 unspecified atom stereocenters.